The van der Waals surface area contributed by atoms with Gasteiger partial charge in [-0.05, 0) is 12.8 Å². The Morgan fingerprint density at radius 3 is 2.46 bits per heavy atom. The summed E-state index contributed by atoms with van der Waals surface area (Å²) >= 11 is 4.05. The molecule has 1 unspecified atom stereocenters. The molecule has 0 bridgehead atoms. The molecule has 0 N–H and O–H groups in total. The van der Waals surface area contributed by atoms with Gasteiger partial charge in [0.15, 0.2) is 0 Å². The van der Waals surface area contributed by atoms with E-state index >= 15 is 0 Å². The van der Waals surface area contributed by atoms with Gasteiger partial charge in [-0.3, -0.25) is 0 Å². The Morgan fingerprint density at radius 1 is 1.15 bits per heavy atom. The summed E-state index contributed by atoms with van der Waals surface area (Å²) < 4.78 is 10.9. The highest BCUT2D eigenvalue weighted by Gasteiger charge is 2.03. The van der Waals surface area contributed by atoms with Gasteiger partial charge in [0.2, 0.25) is 0 Å². The lowest BCUT2D eigenvalue weighted by molar-refractivity contribution is 0.00278. The minimum Gasteiger partial charge on any atom is -0.378 e. The lowest BCUT2D eigenvalue weighted by atomic mass is 10.2. The van der Waals surface area contributed by atoms with Crippen molar-refractivity contribution in [1.29, 1.82) is 0 Å². The van der Waals surface area contributed by atoms with Crippen molar-refractivity contribution in [2.45, 2.75) is 39.2 Å². The van der Waals surface area contributed by atoms with Crippen molar-refractivity contribution in [3.8, 4) is 0 Å². The molecular weight excluding hydrogens is 184 g/mol. The van der Waals surface area contributed by atoms with Crippen molar-refractivity contribution in [3.05, 3.63) is 0 Å². The van der Waals surface area contributed by atoms with E-state index < -0.39 is 0 Å². The minimum absolute atomic E-state index is 0.421. The zero-order chi connectivity index (χ0) is 9.94. The first-order valence-electron chi connectivity index (χ1n) is 5.15. The lowest BCUT2D eigenvalue weighted by Crippen LogP contribution is -2.15. The second-order valence-electron chi connectivity index (χ2n) is 3.03. The van der Waals surface area contributed by atoms with Gasteiger partial charge in [-0.1, -0.05) is 20.3 Å². The molecular formula is C10H22O2S. The Kier molecular flexibility index (Phi) is 10.6. The summed E-state index contributed by atoms with van der Waals surface area (Å²) in [5, 5.41) is 0. The maximum atomic E-state index is 5.63. The van der Waals surface area contributed by atoms with Crippen LogP contribution in [0, 0.1) is 0 Å². The third-order valence-electron chi connectivity index (χ3n) is 1.88. The summed E-state index contributed by atoms with van der Waals surface area (Å²) in [4.78, 5) is 0. The smallest absolute Gasteiger partial charge is 0.0704 e. The van der Waals surface area contributed by atoms with Gasteiger partial charge >= 0.3 is 0 Å². The summed E-state index contributed by atoms with van der Waals surface area (Å²) in [7, 11) is 0. The molecule has 0 saturated heterocycles. The van der Waals surface area contributed by atoms with Gasteiger partial charge in [0, 0.05) is 5.75 Å². The molecule has 0 radical (unpaired) electrons. The van der Waals surface area contributed by atoms with Gasteiger partial charge in [0.1, 0.15) is 0 Å². The Morgan fingerprint density at radius 2 is 1.92 bits per heavy atom. The van der Waals surface area contributed by atoms with Crippen molar-refractivity contribution in [3.63, 3.8) is 0 Å². The summed E-state index contributed by atoms with van der Waals surface area (Å²) in [5.41, 5.74) is 0. The van der Waals surface area contributed by atoms with Crippen LogP contribution in [0.15, 0.2) is 0 Å². The Balaban J connectivity index is 3.17. The SMILES string of the molecule is CCCC(CC)OCCOCCS. The van der Waals surface area contributed by atoms with Gasteiger partial charge in [-0.25, -0.2) is 0 Å². The molecule has 0 fully saturated rings. The second kappa shape index (κ2) is 10.4. The highest BCUT2D eigenvalue weighted by atomic mass is 32.1. The Hall–Kier alpha value is 0.270. The zero-order valence-corrected chi connectivity index (χ0v) is 9.69. The lowest BCUT2D eigenvalue weighted by Gasteiger charge is -2.14. The van der Waals surface area contributed by atoms with Crippen LogP contribution in [0.4, 0.5) is 0 Å². The van der Waals surface area contributed by atoms with E-state index in [1.807, 2.05) is 0 Å². The van der Waals surface area contributed by atoms with Crippen LogP contribution in [0.2, 0.25) is 0 Å². The monoisotopic (exact) mass is 206 g/mol. The van der Waals surface area contributed by atoms with Crippen LogP contribution < -0.4 is 0 Å². The average Bonchev–Trinajstić information content (AvgIpc) is 2.16. The Labute approximate surface area is 87.4 Å². The van der Waals surface area contributed by atoms with Gasteiger partial charge in [-0.2, -0.15) is 12.6 Å². The molecule has 80 valence electrons. The van der Waals surface area contributed by atoms with Crippen molar-refractivity contribution in [2.75, 3.05) is 25.6 Å². The number of ether oxygens (including phenoxy) is 2. The van der Waals surface area contributed by atoms with Crippen molar-refractivity contribution >= 4 is 12.6 Å². The van der Waals surface area contributed by atoms with E-state index in [2.05, 4.69) is 26.5 Å². The predicted molar refractivity (Wildman–Crippen MR) is 59.6 cm³/mol. The summed E-state index contributed by atoms with van der Waals surface area (Å²) in [6.45, 7) is 6.47. The highest BCUT2D eigenvalue weighted by molar-refractivity contribution is 7.80. The number of hydrogen-bond acceptors (Lipinski definition) is 3. The van der Waals surface area contributed by atoms with Crippen LogP contribution in [0.3, 0.4) is 0 Å². The predicted octanol–water partition coefficient (Wildman–Crippen LogP) is 2.53. The minimum atomic E-state index is 0.421. The van der Waals surface area contributed by atoms with E-state index in [1.54, 1.807) is 0 Å². The first-order valence-corrected chi connectivity index (χ1v) is 5.78. The molecule has 0 aliphatic rings. The normalized spacial score (nSPS) is 13.2. The fraction of sp³-hybridized carbons (Fsp3) is 1.00. The average molecular weight is 206 g/mol. The molecule has 0 aromatic heterocycles. The molecule has 0 heterocycles. The van der Waals surface area contributed by atoms with Gasteiger partial charge in [0.05, 0.1) is 25.9 Å². The summed E-state index contributed by atoms with van der Waals surface area (Å²) in [6.07, 6.45) is 3.86. The topological polar surface area (TPSA) is 18.5 Å². The van der Waals surface area contributed by atoms with Crippen LogP contribution in [0.25, 0.3) is 0 Å². The third-order valence-corrected chi connectivity index (χ3v) is 2.07. The third kappa shape index (κ3) is 8.60. The van der Waals surface area contributed by atoms with Crippen LogP contribution >= 0.6 is 12.6 Å². The quantitative estimate of drug-likeness (QED) is 0.461. The zero-order valence-electron chi connectivity index (χ0n) is 8.79. The van der Waals surface area contributed by atoms with Crippen molar-refractivity contribution < 1.29 is 9.47 Å². The molecule has 0 spiro atoms. The number of hydrogen-bond donors (Lipinski definition) is 1. The van der Waals surface area contributed by atoms with E-state index in [9.17, 15) is 0 Å². The summed E-state index contributed by atoms with van der Waals surface area (Å²) in [6, 6.07) is 0. The van der Waals surface area contributed by atoms with Gasteiger partial charge in [-0.15, -0.1) is 0 Å². The van der Waals surface area contributed by atoms with Crippen LogP contribution in [0.5, 0.6) is 0 Å². The second-order valence-corrected chi connectivity index (χ2v) is 3.47. The van der Waals surface area contributed by atoms with Crippen molar-refractivity contribution in [2.24, 2.45) is 0 Å². The molecule has 0 aromatic rings. The summed E-state index contributed by atoms with van der Waals surface area (Å²) in [5.74, 6) is 0.784. The van der Waals surface area contributed by atoms with Crippen molar-refractivity contribution in [1.82, 2.24) is 0 Å². The molecule has 0 rings (SSSR count). The first kappa shape index (κ1) is 13.3. The van der Waals surface area contributed by atoms with Gasteiger partial charge in [0.25, 0.3) is 0 Å². The standard InChI is InChI=1S/C10H22O2S/c1-3-5-10(4-2)12-7-6-11-8-9-13/h10,13H,3-9H2,1-2H3. The molecule has 2 nitrogen and oxygen atoms in total. The number of thiol groups is 1. The molecule has 0 amide bonds. The van der Waals surface area contributed by atoms with E-state index in [0.717, 1.165) is 25.2 Å². The van der Waals surface area contributed by atoms with Crippen LogP contribution in [-0.4, -0.2) is 31.7 Å². The van der Waals surface area contributed by atoms with Crippen LogP contribution in [0.1, 0.15) is 33.1 Å². The number of rotatable bonds is 9. The molecule has 0 aromatic carbocycles. The Bertz CT molecular complexity index is 98.9. The molecule has 0 aliphatic carbocycles. The first-order chi connectivity index (χ1) is 6.35. The van der Waals surface area contributed by atoms with E-state index in [-0.39, 0.29) is 0 Å². The van der Waals surface area contributed by atoms with E-state index in [0.29, 0.717) is 19.3 Å². The largest absolute Gasteiger partial charge is 0.378 e. The van der Waals surface area contributed by atoms with Crippen LogP contribution in [-0.2, 0) is 9.47 Å². The molecule has 3 heteroatoms. The van der Waals surface area contributed by atoms with E-state index in [4.69, 9.17) is 9.47 Å². The fourth-order valence-electron chi connectivity index (χ4n) is 1.17. The van der Waals surface area contributed by atoms with E-state index in [1.165, 1.54) is 6.42 Å². The maximum Gasteiger partial charge on any atom is 0.0704 e. The highest BCUT2D eigenvalue weighted by Crippen LogP contribution is 2.05. The molecule has 0 aliphatic heterocycles. The molecule has 0 saturated carbocycles. The fourth-order valence-corrected chi connectivity index (χ4v) is 1.30. The molecule has 1 atom stereocenters. The van der Waals surface area contributed by atoms with Gasteiger partial charge < -0.3 is 9.47 Å². The molecule has 13 heavy (non-hydrogen) atoms. The maximum absolute atomic E-state index is 5.63.